The molecule has 14 heavy (non-hydrogen) atoms. The van der Waals surface area contributed by atoms with E-state index in [1.165, 1.54) is 32.4 Å². The number of carbonyl (C=O) groups is 1. The van der Waals surface area contributed by atoms with Gasteiger partial charge in [-0.25, -0.2) is 0 Å². The molecule has 76 valence electrons. The number of benzene rings is 1. The molecule has 0 fully saturated rings. The van der Waals surface area contributed by atoms with Gasteiger partial charge in [-0.1, -0.05) is 0 Å². The van der Waals surface area contributed by atoms with Crippen LogP contribution in [-0.2, 0) is 4.74 Å². The lowest BCUT2D eigenvalue weighted by atomic mass is 10.1. The van der Waals surface area contributed by atoms with E-state index in [4.69, 9.17) is 9.47 Å². The van der Waals surface area contributed by atoms with Crippen molar-refractivity contribution in [3.05, 3.63) is 23.8 Å². The molecule has 0 atom stereocenters. The summed E-state index contributed by atoms with van der Waals surface area (Å²) in [5, 5.41) is 9.28. The van der Waals surface area contributed by atoms with Crippen molar-refractivity contribution in [1.29, 1.82) is 0 Å². The van der Waals surface area contributed by atoms with Gasteiger partial charge in [-0.2, -0.15) is 0 Å². The number of rotatable bonds is 4. The molecule has 0 aliphatic heterocycles. The van der Waals surface area contributed by atoms with Crippen LogP contribution in [0.5, 0.6) is 11.5 Å². The number of ether oxygens (including phenoxy) is 2. The SMILES string of the molecule is COCC(=O)c1ccc(O)c(OC)c1. The van der Waals surface area contributed by atoms with Crippen LogP contribution in [0.2, 0.25) is 0 Å². The zero-order valence-corrected chi connectivity index (χ0v) is 8.11. The fraction of sp³-hybridized carbons (Fsp3) is 0.300. The van der Waals surface area contributed by atoms with Crippen molar-refractivity contribution in [2.75, 3.05) is 20.8 Å². The Morgan fingerprint density at radius 3 is 2.71 bits per heavy atom. The standard InChI is InChI=1S/C10H12O4/c1-13-6-9(12)7-3-4-8(11)10(5-7)14-2/h3-5,11H,6H2,1-2H3. The molecule has 0 aliphatic rings. The van der Waals surface area contributed by atoms with Gasteiger partial charge in [-0.05, 0) is 18.2 Å². The maximum absolute atomic E-state index is 11.4. The highest BCUT2D eigenvalue weighted by Crippen LogP contribution is 2.26. The minimum absolute atomic E-state index is 0.0152. The smallest absolute Gasteiger partial charge is 0.188 e. The fourth-order valence-corrected chi connectivity index (χ4v) is 1.07. The molecule has 1 rings (SSSR count). The van der Waals surface area contributed by atoms with Crippen molar-refractivity contribution < 1.29 is 19.4 Å². The Morgan fingerprint density at radius 1 is 1.43 bits per heavy atom. The van der Waals surface area contributed by atoms with Crippen LogP contribution in [0.1, 0.15) is 10.4 Å². The largest absolute Gasteiger partial charge is 0.504 e. The predicted octanol–water partition coefficient (Wildman–Crippen LogP) is 1.23. The Balaban J connectivity index is 2.94. The summed E-state index contributed by atoms with van der Waals surface area (Å²) in [6, 6.07) is 4.43. The van der Waals surface area contributed by atoms with Gasteiger partial charge in [0, 0.05) is 12.7 Å². The van der Waals surface area contributed by atoms with E-state index in [0.29, 0.717) is 5.56 Å². The Labute approximate surface area is 82.1 Å². The third-order valence-corrected chi connectivity index (χ3v) is 1.78. The average molecular weight is 196 g/mol. The molecular weight excluding hydrogens is 184 g/mol. The summed E-state index contributed by atoms with van der Waals surface area (Å²) in [5.41, 5.74) is 0.460. The van der Waals surface area contributed by atoms with Crippen molar-refractivity contribution in [1.82, 2.24) is 0 Å². The van der Waals surface area contributed by atoms with Gasteiger partial charge in [-0.3, -0.25) is 4.79 Å². The maximum Gasteiger partial charge on any atom is 0.188 e. The molecule has 0 unspecified atom stereocenters. The number of ketones is 1. The number of methoxy groups -OCH3 is 2. The third-order valence-electron chi connectivity index (χ3n) is 1.78. The zero-order valence-electron chi connectivity index (χ0n) is 8.11. The van der Waals surface area contributed by atoms with E-state index in [0.717, 1.165) is 0 Å². The number of hydrogen-bond acceptors (Lipinski definition) is 4. The van der Waals surface area contributed by atoms with Gasteiger partial charge in [0.1, 0.15) is 6.61 Å². The Bertz CT molecular complexity index is 333. The third kappa shape index (κ3) is 2.23. The second kappa shape index (κ2) is 4.62. The molecule has 0 spiro atoms. The van der Waals surface area contributed by atoms with Gasteiger partial charge in [-0.15, -0.1) is 0 Å². The van der Waals surface area contributed by atoms with E-state index in [2.05, 4.69) is 0 Å². The van der Waals surface area contributed by atoms with Crippen LogP contribution >= 0.6 is 0 Å². The molecule has 1 aromatic carbocycles. The van der Waals surface area contributed by atoms with Crippen molar-refractivity contribution in [3.63, 3.8) is 0 Å². The molecule has 1 aromatic rings. The summed E-state index contributed by atoms with van der Waals surface area (Å²) < 4.78 is 9.58. The Kier molecular flexibility index (Phi) is 3.48. The van der Waals surface area contributed by atoms with Crippen LogP contribution in [0.4, 0.5) is 0 Å². The molecule has 1 N–H and O–H groups in total. The number of hydrogen-bond donors (Lipinski definition) is 1. The van der Waals surface area contributed by atoms with E-state index in [1.807, 2.05) is 0 Å². The number of phenolic OH excluding ortho intramolecular Hbond substituents is 1. The lowest BCUT2D eigenvalue weighted by Crippen LogP contribution is -2.06. The molecule has 4 heteroatoms. The summed E-state index contributed by atoms with van der Waals surface area (Å²) in [4.78, 5) is 11.4. The van der Waals surface area contributed by atoms with Gasteiger partial charge >= 0.3 is 0 Å². The second-order valence-electron chi connectivity index (χ2n) is 2.74. The first-order chi connectivity index (χ1) is 6.69. The average Bonchev–Trinajstić information content (AvgIpc) is 2.19. The first kappa shape index (κ1) is 10.5. The summed E-state index contributed by atoms with van der Waals surface area (Å²) in [7, 11) is 2.88. The molecule has 0 bridgehead atoms. The van der Waals surface area contributed by atoms with Gasteiger partial charge < -0.3 is 14.6 Å². The van der Waals surface area contributed by atoms with Crippen LogP contribution in [-0.4, -0.2) is 31.7 Å². The highest BCUT2D eigenvalue weighted by Gasteiger charge is 2.08. The number of Topliss-reactive ketones (excluding diaryl/α,β-unsaturated/α-hetero) is 1. The van der Waals surface area contributed by atoms with Crippen LogP contribution < -0.4 is 4.74 Å². The van der Waals surface area contributed by atoms with Crippen molar-refractivity contribution in [3.8, 4) is 11.5 Å². The van der Waals surface area contributed by atoms with E-state index >= 15 is 0 Å². The van der Waals surface area contributed by atoms with E-state index in [1.54, 1.807) is 0 Å². The zero-order chi connectivity index (χ0) is 10.6. The first-order valence-corrected chi connectivity index (χ1v) is 4.08. The minimum Gasteiger partial charge on any atom is -0.504 e. The second-order valence-corrected chi connectivity index (χ2v) is 2.74. The highest BCUT2D eigenvalue weighted by molar-refractivity contribution is 5.97. The quantitative estimate of drug-likeness (QED) is 0.736. The molecule has 0 aromatic heterocycles. The van der Waals surface area contributed by atoms with Crippen LogP contribution in [0.3, 0.4) is 0 Å². The molecule has 0 heterocycles. The van der Waals surface area contributed by atoms with E-state index in [9.17, 15) is 9.90 Å². The molecule has 0 saturated carbocycles. The molecule has 0 amide bonds. The van der Waals surface area contributed by atoms with Crippen molar-refractivity contribution in [2.45, 2.75) is 0 Å². The predicted molar refractivity (Wildman–Crippen MR) is 50.9 cm³/mol. The topological polar surface area (TPSA) is 55.8 Å². The van der Waals surface area contributed by atoms with Gasteiger partial charge in [0.15, 0.2) is 17.3 Å². The summed E-state index contributed by atoms with van der Waals surface area (Å²) in [5.74, 6) is 0.152. The number of phenols is 1. The van der Waals surface area contributed by atoms with Gasteiger partial charge in [0.25, 0.3) is 0 Å². The fourth-order valence-electron chi connectivity index (χ4n) is 1.07. The monoisotopic (exact) mass is 196 g/mol. The molecular formula is C10H12O4. The first-order valence-electron chi connectivity index (χ1n) is 4.08. The summed E-state index contributed by atoms with van der Waals surface area (Å²) in [6.07, 6.45) is 0. The van der Waals surface area contributed by atoms with Crippen molar-refractivity contribution >= 4 is 5.78 Å². The molecule has 0 radical (unpaired) electrons. The number of aromatic hydroxyl groups is 1. The summed E-state index contributed by atoms with van der Waals surface area (Å²) in [6.45, 7) is 0.0218. The van der Waals surface area contributed by atoms with Gasteiger partial charge in [0.2, 0.25) is 0 Å². The molecule has 4 nitrogen and oxygen atoms in total. The van der Waals surface area contributed by atoms with Gasteiger partial charge in [0.05, 0.1) is 7.11 Å². The molecule has 0 saturated heterocycles. The van der Waals surface area contributed by atoms with E-state index < -0.39 is 0 Å². The highest BCUT2D eigenvalue weighted by atomic mass is 16.5. The van der Waals surface area contributed by atoms with Crippen LogP contribution in [0.15, 0.2) is 18.2 Å². The lowest BCUT2D eigenvalue weighted by Gasteiger charge is -2.05. The van der Waals surface area contributed by atoms with Crippen molar-refractivity contribution in [2.24, 2.45) is 0 Å². The lowest BCUT2D eigenvalue weighted by molar-refractivity contribution is 0.0847. The summed E-state index contributed by atoms with van der Waals surface area (Å²) >= 11 is 0. The normalized spacial score (nSPS) is 9.86. The van der Waals surface area contributed by atoms with E-state index in [-0.39, 0.29) is 23.9 Å². The Morgan fingerprint density at radius 2 is 2.14 bits per heavy atom. The number of carbonyl (C=O) groups excluding carboxylic acids is 1. The minimum atomic E-state index is -0.147. The van der Waals surface area contributed by atoms with Crippen LogP contribution in [0.25, 0.3) is 0 Å². The molecule has 0 aliphatic carbocycles. The van der Waals surface area contributed by atoms with Crippen LogP contribution in [0, 0.1) is 0 Å². The maximum atomic E-state index is 11.4. The Hall–Kier alpha value is -1.55.